The van der Waals surface area contributed by atoms with Crippen LogP contribution in [0.1, 0.15) is 33.3 Å². The summed E-state index contributed by atoms with van der Waals surface area (Å²) in [4.78, 5) is 2.26. The molecule has 0 fully saturated rings. The molecule has 0 radical (unpaired) electrons. The molecule has 0 saturated heterocycles. The first-order valence-corrected chi connectivity index (χ1v) is 7.01. The van der Waals surface area contributed by atoms with E-state index < -0.39 is 0 Å². The summed E-state index contributed by atoms with van der Waals surface area (Å²) >= 11 is 6.10. The molecule has 2 nitrogen and oxygen atoms in total. The number of nitrogens with one attached hydrogen (secondary N) is 1. The molecule has 18 heavy (non-hydrogen) atoms. The van der Waals surface area contributed by atoms with Gasteiger partial charge in [0.2, 0.25) is 0 Å². The lowest BCUT2D eigenvalue weighted by Crippen LogP contribution is -2.28. The summed E-state index contributed by atoms with van der Waals surface area (Å²) in [5.41, 5.74) is 2.52. The van der Waals surface area contributed by atoms with Crippen LogP contribution in [0.5, 0.6) is 0 Å². The Morgan fingerprint density at radius 1 is 1.22 bits per heavy atom. The van der Waals surface area contributed by atoms with Crippen LogP contribution in [0.25, 0.3) is 0 Å². The van der Waals surface area contributed by atoms with Gasteiger partial charge in [-0.15, -0.1) is 0 Å². The van der Waals surface area contributed by atoms with E-state index in [1.54, 1.807) is 0 Å². The monoisotopic (exact) mass is 268 g/mol. The van der Waals surface area contributed by atoms with E-state index in [0.717, 1.165) is 18.1 Å². The SMILES string of the molecule is CC(C)CNCc1ccc(Cl)cc1N(C)C(C)C. The first kappa shape index (κ1) is 15.3. The Labute approximate surface area is 116 Å². The van der Waals surface area contributed by atoms with E-state index in [-0.39, 0.29) is 0 Å². The molecule has 0 bridgehead atoms. The Bertz CT molecular complexity index is 375. The van der Waals surface area contributed by atoms with E-state index in [4.69, 9.17) is 11.6 Å². The molecule has 0 aliphatic rings. The van der Waals surface area contributed by atoms with Gasteiger partial charge >= 0.3 is 0 Å². The highest BCUT2D eigenvalue weighted by molar-refractivity contribution is 6.30. The number of hydrogen-bond acceptors (Lipinski definition) is 2. The van der Waals surface area contributed by atoms with Gasteiger partial charge in [0, 0.05) is 30.3 Å². The highest BCUT2D eigenvalue weighted by atomic mass is 35.5. The first-order valence-electron chi connectivity index (χ1n) is 6.63. The summed E-state index contributed by atoms with van der Waals surface area (Å²) in [7, 11) is 2.11. The molecule has 1 aromatic carbocycles. The summed E-state index contributed by atoms with van der Waals surface area (Å²) in [6, 6.07) is 6.59. The second-order valence-corrected chi connectivity index (χ2v) is 5.94. The quantitative estimate of drug-likeness (QED) is 0.841. The molecule has 0 aliphatic carbocycles. The average Bonchev–Trinajstić information content (AvgIpc) is 2.29. The fourth-order valence-electron chi connectivity index (χ4n) is 1.79. The molecule has 0 spiro atoms. The number of rotatable bonds is 6. The van der Waals surface area contributed by atoms with Crippen LogP contribution in [-0.2, 0) is 6.54 Å². The molecule has 0 aromatic heterocycles. The van der Waals surface area contributed by atoms with Crippen LogP contribution in [0.3, 0.4) is 0 Å². The van der Waals surface area contributed by atoms with Crippen LogP contribution in [0.4, 0.5) is 5.69 Å². The zero-order chi connectivity index (χ0) is 13.7. The summed E-state index contributed by atoms with van der Waals surface area (Å²) in [6.45, 7) is 10.7. The number of nitrogens with zero attached hydrogens (tertiary/aromatic N) is 1. The number of anilines is 1. The van der Waals surface area contributed by atoms with Crippen molar-refractivity contribution in [3.8, 4) is 0 Å². The lowest BCUT2D eigenvalue weighted by molar-refractivity contribution is 0.551. The molecule has 1 aromatic rings. The molecule has 0 heterocycles. The van der Waals surface area contributed by atoms with Crippen LogP contribution >= 0.6 is 11.6 Å². The molecular formula is C15H25ClN2. The van der Waals surface area contributed by atoms with Crippen molar-refractivity contribution < 1.29 is 0 Å². The minimum Gasteiger partial charge on any atom is -0.372 e. The smallest absolute Gasteiger partial charge is 0.0426 e. The van der Waals surface area contributed by atoms with Gasteiger partial charge in [0.05, 0.1) is 0 Å². The van der Waals surface area contributed by atoms with Crippen LogP contribution in [-0.4, -0.2) is 19.6 Å². The van der Waals surface area contributed by atoms with Crippen molar-refractivity contribution in [1.29, 1.82) is 0 Å². The van der Waals surface area contributed by atoms with Gasteiger partial charge in [-0.3, -0.25) is 0 Å². The largest absolute Gasteiger partial charge is 0.372 e. The van der Waals surface area contributed by atoms with Crippen molar-refractivity contribution in [3.63, 3.8) is 0 Å². The third kappa shape index (κ3) is 4.51. The van der Waals surface area contributed by atoms with Gasteiger partial charge in [0.1, 0.15) is 0 Å². The van der Waals surface area contributed by atoms with Gasteiger partial charge in [-0.25, -0.2) is 0 Å². The van der Waals surface area contributed by atoms with Crippen molar-refractivity contribution in [2.45, 2.75) is 40.3 Å². The highest BCUT2D eigenvalue weighted by Crippen LogP contribution is 2.25. The first-order chi connectivity index (χ1) is 8.41. The van der Waals surface area contributed by atoms with Crippen molar-refractivity contribution in [2.24, 2.45) is 5.92 Å². The predicted octanol–water partition coefficient (Wildman–Crippen LogP) is 3.93. The Balaban J connectivity index is 2.83. The van der Waals surface area contributed by atoms with Gasteiger partial charge in [0.25, 0.3) is 0 Å². The molecule has 102 valence electrons. The maximum atomic E-state index is 6.10. The predicted molar refractivity (Wildman–Crippen MR) is 81.5 cm³/mol. The third-order valence-electron chi connectivity index (χ3n) is 3.07. The van der Waals surface area contributed by atoms with E-state index in [2.05, 4.69) is 51.0 Å². The standard InChI is InChI=1S/C15H25ClN2/c1-11(2)9-17-10-13-6-7-14(16)8-15(13)18(5)12(3)4/h6-8,11-12,17H,9-10H2,1-5H3. The highest BCUT2D eigenvalue weighted by Gasteiger charge is 2.10. The summed E-state index contributed by atoms with van der Waals surface area (Å²) < 4.78 is 0. The summed E-state index contributed by atoms with van der Waals surface area (Å²) in [6.07, 6.45) is 0. The maximum Gasteiger partial charge on any atom is 0.0426 e. The van der Waals surface area contributed by atoms with Crippen molar-refractivity contribution in [3.05, 3.63) is 28.8 Å². The fraction of sp³-hybridized carbons (Fsp3) is 0.600. The number of halogens is 1. The molecule has 0 aliphatic heterocycles. The second kappa shape index (κ2) is 7.01. The van der Waals surface area contributed by atoms with E-state index in [1.165, 1.54) is 11.3 Å². The number of benzene rings is 1. The van der Waals surface area contributed by atoms with Gasteiger partial charge in [-0.2, -0.15) is 0 Å². The summed E-state index contributed by atoms with van der Waals surface area (Å²) in [5.74, 6) is 0.670. The van der Waals surface area contributed by atoms with Crippen molar-refractivity contribution >= 4 is 17.3 Å². The molecule has 0 amide bonds. The maximum absolute atomic E-state index is 6.10. The van der Waals surface area contributed by atoms with E-state index in [1.807, 2.05) is 12.1 Å². The molecule has 1 rings (SSSR count). The minimum atomic E-state index is 0.465. The van der Waals surface area contributed by atoms with E-state index in [0.29, 0.717) is 12.0 Å². The minimum absolute atomic E-state index is 0.465. The van der Waals surface area contributed by atoms with E-state index >= 15 is 0 Å². The second-order valence-electron chi connectivity index (χ2n) is 5.50. The third-order valence-corrected chi connectivity index (χ3v) is 3.31. The van der Waals surface area contributed by atoms with E-state index in [9.17, 15) is 0 Å². The van der Waals surface area contributed by atoms with Crippen molar-refractivity contribution in [2.75, 3.05) is 18.5 Å². The molecular weight excluding hydrogens is 244 g/mol. The molecule has 0 atom stereocenters. The van der Waals surface area contributed by atoms with Gasteiger partial charge in [-0.05, 0) is 44.0 Å². The molecule has 0 saturated carbocycles. The van der Waals surface area contributed by atoms with Gasteiger partial charge in [0.15, 0.2) is 0 Å². The fourth-order valence-corrected chi connectivity index (χ4v) is 1.95. The zero-order valence-corrected chi connectivity index (χ0v) is 12.9. The van der Waals surface area contributed by atoms with Crippen molar-refractivity contribution in [1.82, 2.24) is 5.32 Å². The summed E-state index contributed by atoms with van der Waals surface area (Å²) in [5, 5.41) is 4.28. The zero-order valence-electron chi connectivity index (χ0n) is 12.1. The topological polar surface area (TPSA) is 15.3 Å². The van der Waals surface area contributed by atoms with Gasteiger partial charge in [-0.1, -0.05) is 31.5 Å². The number of hydrogen-bond donors (Lipinski definition) is 1. The normalized spacial score (nSPS) is 11.3. The Hall–Kier alpha value is -0.730. The average molecular weight is 269 g/mol. The molecule has 3 heteroatoms. The van der Waals surface area contributed by atoms with Gasteiger partial charge < -0.3 is 10.2 Å². The molecule has 0 unspecified atom stereocenters. The Morgan fingerprint density at radius 2 is 1.89 bits per heavy atom. The van der Waals surface area contributed by atoms with Crippen LogP contribution in [0.2, 0.25) is 5.02 Å². The van der Waals surface area contributed by atoms with Crippen LogP contribution in [0.15, 0.2) is 18.2 Å². The van der Waals surface area contributed by atoms with Crippen LogP contribution < -0.4 is 10.2 Å². The van der Waals surface area contributed by atoms with Crippen LogP contribution in [0, 0.1) is 5.92 Å². The molecule has 1 N–H and O–H groups in total. The Morgan fingerprint density at radius 3 is 2.44 bits per heavy atom. The Kier molecular flexibility index (Phi) is 5.97. The lowest BCUT2D eigenvalue weighted by Gasteiger charge is -2.27. The lowest BCUT2D eigenvalue weighted by atomic mass is 10.1.